The number of hydrogen-bond donors (Lipinski definition) is 2. The van der Waals surface area contributed by atoms with E-state index in [2.05, 4.69) is 58.4 Å². The highest BCUT2D eigenvalue weighted by Crippen LogP contribution is 2.41. The normalized spacial score (nSPS) is 14.9. The molecule has 0 bridgehead atoms. The Labute approximate surface area is 135 Å². The lowest BCUT2D eigenvalue weighted by Crippen LogP contribution is -2.37. The second-order valence-electron chi connectivity index (χ2n) is 6.08. The van der Waals surface area contributed by atoms with Crippen LogP contribution >= 0.6 is 9.24 Å². The molecule has 0 spiro atoms. The summed E-state index contributed by atoms with van der Waals surface area (Å²) in [6.07, 6.45) is 0. The van der Waals surface area contributed by atoms with Crippen molar-refractivity contribution >= 4 is 9.24 Å². The van der Waals surface area contributed by atoms with Crippen molar-refractivity contribution in [1.29, 1.82) is 0 Å². The van der Waals surface area contributed by atoms with Gasteiger partial charge in [-0.3, -0.25) is 0 Å². The van der Waals surface area contributed by atoms with Crippen LogP contribution in [-0.4, -0.2) is 16.8 Å². The number of rotatable bonds is 6. The minimum Gasteiger partial charge on any atom is -0.508 e. The van der Waals surface area contributed by atoms with Crippen molar-refractivity contribution < 1.29 is 5.11 Å². The van der Waals surface area contributed by atoms with Gasteiger partial charge in [-0.2, -0.15) is 0 Å². The SMILES string of the molecule is C=C(C)NCC(C)(P)C(c1ccccc1)c1cccc(O)c1. The lowest BCUT2D eigenvalue weighted by Gasteiger charge is -2.35. The van der Waals surface area contributed by atoms with E-state index in [4.69, 9.17) is 0 Å². The van der Waals surface area contributed by atoms with E-state index < -0.39 is 0 Å². The molecular formula is C19H24NOP. The van der Waals surface area contributed by atoms with Gasteiger partial charge in [0.25, 0.3) is 0 Å². The molecule has 2 aromatic rings. The van der Waals surface area contributed by atoms with Crippen molar-refractivity contribution in [1.82, 2.24) is 5.32 Å². The summed E-state index contributed by atoms with van der Waals surface area (Å²) >= 11 is 0. The molecule has 0 heterocycles. The van der Waals surface area contributed by atoms with E-state index in [0.717, 1.165) is 17.8 Å². The standard InChI is InChI=1S/C19H24NOP/c1-14(2)20-13-19(3,22)18(15-8-5-4-6-9-15)16-10-7-11-17(21)12-16/h4-12,18,20-21H,1,13,22H2,2-3H3. The maximum atomic E-state index is 9.86. The van der Waals surface area contributed by atoms with E-state index in [1.807, 2.05) is 25.1 Å². The van der Waals surface area contributed by atoms with Crippen molar-refractivity contribution in [2.24, 2.45) is 0 Å². The van der Waals surface area contributed by atoms with E-state index in [-0.39, 0.29) is 11.1 Å². The molecule has 3 unspecified atom stereocenters. The van der Waals surface area contributed by atoms with Crippen molar-refractivity contribution in [3.8, 4) is 5.75 Å². The van der Waals surface area contributed by atoms with Gasteiger partial charge in [0.2, 0.25) is 0 Å². The summed E-state index contributed by atoms with van der Waals surface area (Å²) in [6, 6.07) is 17.9. The average molecular weight is 313 g/mol. The third kappa shape index (κ3) is 4.11. The smallest absolute Gasteiger partial charge is 0.115 e. The topological polar surface area (TPSA) is 32.3 Å². The Morgan fingerprint density at radius 2 is 1.82 bits per heavy atom. The number of phenolic OH excluding ortho intramolecular Hbond substituents is 1. The Hall–Kier alpha value is -1.79. The summed E-state index contributed by atoms with van der Waals surface area (Å²) in [5, 5.41) is 13.1. The highest BCUT2D eigenvalue weighted by atomic mass is 31.0. The molecule has 3 atom stereocenters. The minimum atomic E-state index is -0.117. The van der Waals surface area contributed by atoms with Crippen LogP contribution in [0.3, 0.4) is 0 Å². The molecule has 0 aliphatic rings. The first-order valence-electron chi connectivity index (χ1n) is 7.42. The number of nitrogens with one attached hydrogen (secondary N) is 1. The molecule has 116 valence electrons. The largest absolute Gasteiger partial charge is 0.508 e. The first-order valence-corrected chi connectivity index (χ1v) is 8.00. The number of aromatic hydroxyl groups is 1. The lowest BCUT2D eigenvalue weighted by molar-refractivity contribution is 0.471. The van der Waals surface area contributed by atoms with Gasteiger partial charge in [-0.25, -0.2) is 0 Å². The Kier molecular flexibility index (Phi) is 5.26. The predicted molar refractivity (Wildman–Crippen MR) is 97.3 cm³/mol. The van der Waals surface area contributed by atoms with Crippen LogP contribution in [-0.2, 0) is 0 Å². The molecule has 0 radical (unpaired) electrons. The Morgan fingerprint density at radius 3 is 2.41 bits per heavy atom. The molecule has 2 N–H and O–H groups in total. The van der Waals surface area contributed by atoms with Gasteiger partial charge in [0.05, 0.1) is 0 Å². The maximum Gasteiger partial charge on any atom is 0.115 e. The van der Waals surface area contributed by atoms with Crippen LogP contribution in [0.15, 0.2) is 66.9 Å². The summed E-state index contributed by atoms with van der Waals surface area (Å²) < 4.78 is 0. The summed E-state index contributed by atoms with van der Waals surface area (Å²) in [5.74, 6) is 0.449. The zero-order valence-electron chi connectivity index (χ0n) is 13.2. The molecule has 0 aliphatic carbocycles. The third-order valence-corrected chi connectivity index (χ3v) is 4.30. The fourth-order valence-corrected chi connectivity index (χ4v) is 3.23. The molecule has 0 amide bonds. The Bertz CT molecular complexity index is 637. The molecule has 2 nitrogen and oxygen atoms in total. The first kappa shape index (κ1) is 16.6. The molecule has 2 aromatic carbocycles. The van der Waals surface area contributed by atoms with Gasteiger partial charge in [0.1, 0.15) is 5.75 Å². The molecule has 0 aliphatic heterocycles. The lowest BCUT2D eigenvalue weighted by atomic mass is 9.80. The molecular weight excluding hydrogens is 289 g/mol. The van der Waals surface area contributed by atoms with Gasteiger partial charge in [-0.1, -0.05) is 56.0 Å². The molecule has 0 fully saturated rings. The van der Waals surface area contributed by atoms with E-state index in [0.29, 0.717) is 5.75 Å². The molecule has 0 aromatic heterocycles. The summed E-state index contributed by atoms with van der Waals surface area (Å²) in [7, 11) is 2.97. The second-order valence-corrected chi connectivity index (χ2v) is 7.40. The first-order chi connectivity index (χ1) is 10.4. The third-order valence-electron chi connectivity index (χ3n) is 3.77. The quantitative estimate of drug-likeness (QED) is 0.780. The highest BCUT2D eigenvalue weighted by molar-refractivity contribution is 7.19. The molecule has 0 saturated heterocycles. The van der Waals surface area contributed by atoms with Gasteiger partial charge in [0.15, 0.2) is 0 Å². The average Bonchev–Trinajstić information content (AvgIpc) is 2.46. The van der Waals surface area contributed by atoms with Crippen LogP contribution in [0, 0.1) is 0 Å². The number of benzene rings is 2. The molecule has 3 heteroatoms. The fourth-order valence-electron chi connectivity index (χ4n) is 2.75. The molecule has 22 heavy (non-hydrogen) atoms. The van der Waals surface area contributed by atoms with Crippen molar-refractivity contribution in [3.63, 3.8) is 0 Å². The van der Waals surface area contributed by atoms with Gasteiger partial charge in [-0.15, -0.1) is 9.24 Å². The number of allylic oxidation sites excluding steroid dienone is 1. The minimum absolute atomic E-state index is 0.117. The van der Waals surface area contributed by atoms with E-state index in [9.17, 15) is 5.11 Å². The van der Waals surface area contributed by atoms with Gasteiger partial charge < -0.3 is 10.4 Å². The van der Waals surface area contributed by atoms with Crippen LogP contribution in [0.1, 0.15) is 30.9 Å². The zero-order valence-corrected chi connectivity index (χ0v) is 14.4. The van der Waals surface area contributed by atoms with Crippen LogP contribution in [0.5, 0.6) is 5.75 Å². The van der Waals surface area contributed by atoms with Gasteiger partial charge >= 0.3 is 0 Å². The van der Waals surface area contributed by atoms with Crippen molar-refractivity contribution in [2.75, 3.05) is 6.54 Å². The van der Waals surface area contributed by atoms with Crippen LogP contribution < -0.4 is 5.32 Å². The highest BCUT2D eigenvalue weighted by Gasteiger charge is 2.32. The van der Waals surface area contributed by atoms with Crippen molar-refractivity contribution in [3.05, 3.63) is 78.0 Å². The second kappa shape index (κ2) is 6.98. The summed E-state index contributed by atoms with van der Waals surface area (Å²) in [5.41, 5.74) is 3.29. The van der Waals surface area contributed by atoms with Crippen LogP contribution in [0.4, 0.5) is 0 Å². The van der Waals surface area contributed by atoms with E-state index >= 15 is 0 Å². The predicted octanol–water partition coefficient (Wildman–Crippen LogP) is 4.28. The van der Waals surface area contributed by atoms with Gasteiger partial charge in [0, 0.05) is 23.3 Å². The van der Waals surface area contributed by atoms with E-state index in [1.165, 1.54) is 5.56 Å². The number of phenols is 1. The Balaban J connectivity index is 2.44. The van der Waals surface area contributed by atoms with Gasteiger partial charge in [-0.05, 0) is 30.2 Å². The summed E-state index contributed by atoms with van der Waals surface area (Å²) in [4.78, 5) is 0. The van der Waals surface area contributed by atoms with Crippen molar-refractivity contribution in [2.45, 2.75) is 24.9 Å². The van der Waals surface area contributed by atoms with Crippen LogP contribution in [0.25, 0.3) is 0 Å². The zero-order chi connectivity index (χ0) is 16.2. The van der Waals surface area contributed by atoms with Crippen LogP contribution in [0.2, 0.25) is 0 Å². The summed E-state index contributed by atoms with van der Waals surface area (Å²) in [6.45, 7) is 8.87. The maximum absolute atomic E-state index is 9.86. The number of hydrogen-bond acceptors (Lipinski definition) is 2. The monoisotopic (exact) mass is 313 g/mol. The molecule has 2 rings (SSSR count). The van der Waals surface area contributed by atoms with E-state index in [1.54, 1.807) is 6.07 Å². The Morgan fingerprint density at radius 1 is 1.18 bits per heavy atom. The molecule has 0 saturated carbocycles. The fraction of sp³-hybridized carbons (Fsp3) is 0.263.